The Morgan fingerprint density at radius 3 is 2.73 bits per heavy atom. The lowest BCUT2D eigenvalue weighted by Crippen LogP contribution is -2.38. The molecule has 0 fully saturated rings. The normalized spacial score (nSPS) is 11.8. The zero-order valence-corrected chi connectivity index (χ0v) is 18.0. The van der Waals surface area contributed by atoms with E-state index < -0.39 is 0 Å². The monoisotopic (exact) mass is 421 g/mol. The van der Waals surface area contributed by atoms with Gasteiger partial charge in [-0.25, -0.2) is 0 Å². The number of nitrogens with zero attached hydrogens (tertiary/aromatic N) is 4. The standard InChI is InChI=1S/C19H28BrN5O/c1-13(2)18-15(12-25(5)23-18)11-24(4)19(21-3)22-10-14-9-16(20)7-8-17(14)26-6/h7-9,12-13H,10-11H2,1-6H3,(H,21,22). The second-order valence-corrected chi connectivity index (χ2v) is 7.50. The third kappa shape index (κ3) is 5.00. The highest BCUT2D eigenvalue weighted by Crippen LogP contribution is 2.23. The second-order valence-electron chi connectivity index (χ2n) is 6.58. The lowest BCUT2D eigenvalue weighted by atomic mass is 10.1. The van der Waals surface area contributed by atoms with E-state index in [1.807, 2.05) is 30.9 Å². The minimum atomic E-state index is 0.389. The molecular weight excluding hydrogens is 394 g/mol. The Balaban J connectivity index is 2.08. The van der Waals surface area contributed by atoms with Gasteiger partial charge in [0.1, 0.15) is 5.75 Å². The number of hydrogen-bond acceptors (Lipinski definition) is 3. The Morgan fingerprint density at radius 1 is 1.38 bits per heavy atom. The number of aryl methyl sites for hydroxylation is 1. The van der Waals surface area contributed by atoms with Crippen LogP contribution >= 0.6 is 15.9 Å². The maximum Gasteiger partial charge on any atom is 0.193 e. The quantitative estimate of drug-likeness (QED) is 0.572. The van der Waals surface area contributed by atoms with Crippen molar-refractivity contribution in [1.82, 2.24) is 20.0 Å². The molecule has 0 atom stereocenters. The summed E-state index contributed by atoms with van der Waals surface area (Å²) in [4.78, 5) is 6.51. The van der Waals surface area contributed by atoms with Crippen LogP contribution < -0.4 is 10.1 Å². The van der Waals surface area contributed by atoms with Crippen molar-refractivity contribution >= 4 is 21.9 Å². The van der Waals surface area contributed by atoms with Gasteiger partial charge in [-0.05, 0) is 24.1 Å². The molecule has 0 aliphatic heterocycles. The third-order valence-electron chi connectivity index (χ3n) is 4.14. The predicted octanol–water partition coefficient (Wildman–Crippen LogP) is 3.52. The fourth-order valence-corrected chi connectivity index (χ4v) is 3.35. The Bertz CT molecular complexity index is 769. The van der Waals surface area contributed by atoms with Gasteiger partial charge in [0.15, 0.2) is 5.96 Å². The molecule has 1 N–H and O–H groups in total. The second kappa shape index (κ2) is 9.07. The van der Waals surface area contributed by atoms with E-state index in [0.717, 1.165) is 34.0 Å². The largest absolute Gasteiger partial charge is 0.496 e. The number of ether oxygens (including phenoxy) is 1. The van der Waals surface area contributed by atoms with Gasteiger partial charge in [0, 0.05) is 56.0 Å². The highest BCUT2D eigenvalue weighted by atomic mass is 79.9. The number of aromatic nitrogens is 2. The lowest BCUT2D eigenvalue weighted by molar-refractivity contribution is 0.408. The predicted molar refractivity (Wildman–Crippen MR) is 110 cm³/mol. The molecule has 0 aliphatic rings. The van der Waals surface area contributed by atoms with E-state index in [-0.39, 0.29) is 0 Å². The molecule has 1 heterocycles. The molecule has 2 rings (SSSR count). The van der Waals surface area contributed by atoms with E-state index in [1.54, 1.807) is 14.2 Å². The van der Waals surface area contributed by atoms with Gasteiger partial charge in [-0.3, -0.25) is 9.67 Å². The van der Waals surface area contributed by atoms with Gasteiger partial charge < -0.3 is 15.0 Å². The zero-order chi connectivity index (χ0) is 19.3. The molecule has 1 aromatic carbocycles. The first-order valence-corrected chi connectivity index (χ1v) is 9.41. The third-order valence-corrected chi connectivity index (χ3v) is 4.64. The van der Waals surface area contributed by atoms with Crippen LogP contribution in [0.4, 0.5) is 0 Å². The average Bonchev–Trinajstić information content (AvgIpc) is 2.96. The van der Waals surface area contributed by atoms with Crippen LogP contribution in [0.15, 0.2) is 33.9 Å². The van der Waals surface area contributed by atoms with Crippen LogP contribution in [0.2, 0.25) is 0 Å². The number of aliphatic imine (C=N–C) groups is 1. The van der Waals surface area contributed by atoms with Gasteiger partial charge in [-0.15, -0.1) is 0 Å². The Labute approximate surface area is 164 Å². The van der Waals surface area contributed by atoms with E-state index in [4.69, 9.17) is 4.74 Å². The molecule has 0 spiro atoms. The highest BCUT2D eigenvalue weighted by Gasteiger charge is 2.15. The van der Waals surface area contributed by atoms with Crippen LogP contribution in [0.3, 0.4) is 0 Å². The van der Waals surface area contributed by atoms with Gasteiger partial charge in [0.25, 0.3) is 0 Å². The van der Waals surface area contributed by atoms with Crippen LogP contribution in [0.1, 0.15) is 36.6 Å². The molecule has 0 saturated heterocycles. The summed E-state index contributed by atoms with van der Waals surface area (Å²) in [6.07, 6.45) is 2.08. The van der Waals surface area contributed by atoms with Crippen molar-refractivity contribution < 1.29 is 4.74 Å². The van der Waals surface area contributed by atoms with Gasteiger partial charge in [0.05, 0.1) is 12.8 Å². The van der Waals surface area contributed by atoms with E-state index in [2.05, 4.69) is 62.3 Å². The molecular formula is C19H28BrN5O. The molecule has 0 bridgehead atoms. The summed E-state index contributed by atoms with van der Waals surface area (Å²) in [7, 11) is 7.47. The molecule has 142 valence electrons. The van der Waals surface area contributed by atoms with Crippen molar-refractivity contribution in [3.8, 4) is 5.75 Å². The topological polar surface area (TPSA) is 54.7 Å². The van der Waals surface area contributed by atoms with Crippen molar-refractivity contribution in [3.05, 3.63) is 45.7 Å². The van der Waals surface area contributed by atoms with Crippen LogP contribution in [0.25, 0.3) is 0 Å². The van der Waals surface area contributed by atoms with Crippen molar-refractivity contribution in [2.24, 2.45) is 12.0 Å². The molecule has 0 unspecified atom stereocenters. The molecule has 2 aromatic rings. The number of methoxy groups -OCH3 is 1. The smallest absolute Gasteiger partial charge is 0.193 e. The number of halogens is 1. The summed E-state index contributed by atoms with van der Waals surface area (Å²) in [5.74, 6) is 2.07. The first-order chi connectivity index (χ1) is 12.3. The van der Waals surface area contributed by atoms with E-state index in [9.17, 15) is 0 Å². The molecule has 0 radical (unpaired) electrons. The zero-order valence-electron chi connectivity index (χ0n) is 16.4. The van der Waals surface area contributed by atoms with Crippen molar-refractivity contribution in [1.29, 1.82) is 0 Å². The molecule has 6 nitrogen and oxygen atoms in total. The number of hydrogen-bond donors (Lipinski definition) is 1. The molecule has 26 heavy (non-hydrogen) atoms. The minimum absolute atomic E-state index is 0.389. The molecule has 0 aliphatic carbocycles. The first-order valence-electron chi connectivity index (χ1n) is 8.62. The number of guanidine groups is 1. The Hall–Kier alpha value is -2.02. The van der Waals surface area contributed by atoms with E-state index in [1.165, 1.54) is 5.56 Å². The number of nitrogens with one attached hydrogen (secondary N) is 1. The van der Waals surface area contributed by atoms with Gasteiger partial charge >= 0.3 is 0 Å². The number of benzene rings is 1. The summed E-state index contributed by atoms with van der Waals surface area (Å²) >= 11 is 3.51. The van der Waals surface area contributed by atoms with Crippen LogP contribution in [0.5, 0.6) is 5.75 Å². The summed E-state index contributed by atoms with van der Waals surface area (Å²) in [6.45, 7) is 5.71. The highest BCUT2D eigenvalue weighted by molar-refractivity contribution is 9.10. The van der Waals surface area contributed by atoms with Crippen LogP contribution in [0, 0.1) is 0 Å². The van der Waals surface area contributed by atoms with Gasteiger partial charge in [-0.2, -0.15) is 5.10 Å². The summed E-state index contributed by atoms with van der Waals surface area (Å²) in [6, 6.07) is 5.98. The maximum atomic E-state index is 5.44. The summed E-state index contributed by atoms with van der Waals surface area (Å²) < 4.78 is 8.34. The maximum absolute atomic E-state index is 5.44. The van der Waals surface area contributed by atoms with E-state index in [0.29, 0.717) is 12.5 Å². The summed E-state index contributed by atoms with van der Waals surface area (Å²) in [5.41, 5.74) is 3.41. The first kappa shape index (κ1) is 20.3. The minimum Gasteiger partial charge on any atom is -0.496 e. The Morgan fingerprint density at radius 2 is 2.12 bits per heavy atom. The van der Waals surface area contributed by atoms with Crippen molar-refractivity contribution in [3.63, 3.8) is 0 Å². The van der Waals surface area contributed by atoms with Crippen molar-refractivity contribution in [2.75, 3.05) is 21.2 Å². The molecule has 7 heteroatoms. The fourth-order valence-electron chi connectivity index (χ4n) is 2.94. The SMILES string of the molecule is CN=C(NCc1cc(Br)ccc1OC)N(C)Cc1cn(C)nc1C(C)C. The average molecular weight is 422 g/mol. The molecule has 0 saturated carbocycles. The lowest BCUT2D eigenvalue weighted by Gasteiger charge is -2.23. The van der Waals surface area contributed by atoms with Crippen molar-refractivity contribution in [2.45, 2.75) is 32.9 Å². The number of rotatable bonds is 6. The van der Waals surface area contributed by atoms with Gasteiger partial charge in [0.2, 0.25) is 0 Å². The van der Waals surface area contributed by atoms with Crippen LogP contribution in [-0.2, 0) is 20.1 Å². The fraction of sp³-hybridized carbons (Fsp3) is 0.474. The summed E-state index contributed by atoms with van der Waals surface area (Å²) in [5, 5.41) is 7.99. The van der Waals surface area contributed by atoms with Crippen LogP contribution in [-0.4, -0.2) is 41.8 Å². The molecule has 0 amide bonds. The van der Waals surface area contributed by atoms with Gasteiger partial charge in [-0.1, -0.05) is 29.8 Å². The Kier molecular flexibility index (Phi) is 7.08. The molecule has 1 aromatic heterocycles. The van der Waals surface area contributed by atoms with E-state index >= 15 is 0 Å².